The first-order chi connectivity index (χ1) is 8.61. The standard InChI is InChI=1S/C12H14BrFN4/c1-18-7-16-6-12(18)11(17-15)4-8-2-3-9(13)5-10(8)14/h2-3,5-7,11,17H,4,15H2,1H3. The van der Waals surface area contributed by atoms with Crippen molar-refractivity contribution in [2.75, 3.05) is 0 Å². The van der Waals surface area contributed by atoms with Crippen LogP contribution in [-0.2, 0) is 13.5 Å². The molecule has 0 radical (unpaired) electrons. The predicted molar refractivity (Wildman–Crippen MR) is 71.1 cm³/mol. The Kier molecular flexibility index (Phi) is 4.11. The van der Waals surface area contributed by atoms with Crippen LogP contribution in [0, 0.1) is 5.82 Å². The minimum atomic E-state index is -0.244. The number of aryl methyl sites for hydroxylation is 1. The van der Waals surface area contributed by atoms with Crippen molar-refractivity contribution in [1.82, 2.24) is 15.0 Å². The Bertz CT molecular complexity index is 541. The minimum Gasteiger partial charge on any atom is -0.336 e. The Morgan fingerprint density at radius 2 is 2.33 bits per heavy atom. The van der Waals surface area contributed by atoms with Gasteiger partial charge < -0.3 is 4.57 Å². The molecule has 0 aliphatic heterocycles. The van der Waals surface area contributed by atoms with E-state index in [4.69, 9.17) is 5.84 Å². The molecular weight excluding hydrogens is 299 g/mol. The van der Waals surface area contributed by atoms with Crippen LogP contribution in [0.1, 0.15) is 17.3 Å². The summed E-state index contributed by atoms with van der Waals surface area (Å²) in [6, 6.07) is 4.84. The van der Waals surface area contributed by atoms with Crippen molar-refractivity contribution in [2.45, 2.75) is 12.5 Å². The van der Waals surface area contributed by atoms with Crippen LogP contribution in [0.2, 0.25) is 0 Å². The molecule has 0 spiro atoms. The van der Waals surface area contributed by atoms with Gasteiger partial charge in [-0.15, -0.1) is 0 Å². The Morgan fingerprint density at radius 3 is 2.89 bits per heavy atom. The second kappa shape index (κ2) is 5.60. The molecule has 96 valence electrons. The molecule has 0 aliphatic carbocycles. The zero-order valence-electron chi connectivity index (χ0n) is 9.90. The summed E-state index contributed by atoms with van der Waals surface area (Å²) < 4.78 is 16.4. The molecule has 1 heterocycles. The van der Waals surface area contributed by atoms with Gasteiger partial charge in [-0.2, -0.15) is 0 Å². The third-order valence-corrected chi connectivity index (χ3v) is 3.34. The Morgan fingerprint density at radius 1 is 1.56 bits per heavy atom. The van der Waals surface area contributed by atoms with Crippen molar-refractivity contribution in [2.24, 2.45) is 12.9 Å². The number of hydrogen-bond donors (Lipinski definition) is 2. The van der Waals surface area contributed by atoms with Gasteiger partial charge in [-0.3, -0.25) is 11.3 Å². The third-order valence-electron chi connectivity index (χ3n) is 2.85. The average Bonchev–Trinajstić information content (AvgIpc) is 2.75. The number of nitrogens with zero attached hydrogens (tertiary/aromatic N) is 2. The quantitative estimate of drug-likeness (QED) is 0.671. The molecule has 0 bridgehead atoms. The van der Waals surface area contributed by atoms with E-state index in [0.717, 1.165) is 10.2 Å². The zero-order valence-corrected chi connectivity index (χ0v) is 11.5. The van der Waals surface area contributed by atoms with Crippen molar-refractivity contribution >= 4 is 15.9 Å². The van der Waals surface area contributed by atoms with Crippen LogP contribution < -0.4 is 11.3 Å². The van der Waals surface area contributed by atoms with E-state index in [1.165, 1.54) is 6.07 Å². The molecule has 1 aromatic carbocycles. The van der Waals surface area contributed by atoms with Crippen LogP contribution in [0.15, 0.2) is 35.2 Å². The minimum absolute atomic E-state index is 0.173. The van der Waals surface area contributed by atoms with Crippen LogP contribution in [0.3, 0.4) is 0 Å². The molecule has 2 rings (SSSR count). The first kappa shape index (κ1) is 13.2. The number of halogens is 2. The summed E-state index contributed by atoms with van der Waals surface area (Å²) in [5.41, 5.74) is 4.23. The SMILES string of the molecule is Cn1cncc1C(Cc1ccc(Br)cc1F)NN. The van der Waals surface area contributed by atoms with Crippen LogP contribution >= 0.6 is 15.9 Å². The molecule has 1 unspecified atom stereocenters. The predicted octanol–water partition coefficient (Wildman–Crippen LogP) is 2.07. The molecule has 1 aromatic heterocycles. The van der Waals surface area contributed by atoms with E-state index in [2.05, 4.69) is 26.3 Å². The summed E-state index contributed by atoms with van der Waals surface area (Å²) in [5, 5.41) is 0. The Balaban J connectivity index is 2.23. The van der Waals surface area contributed by atoms with Gasteiger partial charge in [0.15, 0.2) is 0 Å². The van der Waals surface area contributed by atoms with Gasteiger partial charge in [0, 0.05) is 17.7 Å². The summed E-state index contributed by atoms with van der Waals surface area (Å²) in [4.78, 5) is 4.03. The maximum Gasteiger partial charge on any atom is 0.127 e. The molecule has 2 aromatic rings. The van der Waals surface area contributed by atoms with E-state index >= 15 is 0 Å². The van der Waals surface area contributed by atoms with Gasteiger partial charge in [-0.25, -0.2) is 9.37 Å². The number of hydrazine groups is 1. The number of imidazole rings is 1. The smallest absolute Gasteiger partial charge is 0.127 e. The number of benzene rings is 1. The molecule has 0 saturated carbocycles. The number of hydrogen-bond acceptors (Lipinski definition) is 3. The van der Waals surface area contributed by atoms with Gasteiger partial charge >= 0.3 is 0 Å². The van der Waals surface area contributed by atoms with Gasteiger partial charge in [0.2, 0.25) is 0 Å². The van der Waals surface area contributed by atoms with E-state index in [9.17, 15) is 4.39 Å². The zero-order chi connectivity index (χ0) is 13.1. The molecule has 0 fully saturated rings. The normalized spacial score (nSPS) is 12.7. The van der Waals surface area contributed by atoms with Gasteiger partial charge in [-0.05, 0) is 24.1 Å². The largest absolute Gasteiger partial charge is 0.336 e. The lowest BCUT2D eigenvalue weighted by Crippen LogP contribution is -2.31. The third kappa shape index (κ3) is 2.77. The van der Waals surface area contributed by atoms with Crippen molar-refractivity contribution in [3.05, 3.63) is 52.3 Å². The van der Waals surface area contributed by atoms with E-state index in [-0.39, 0.29) is 11.9 Å². The molecule has 1 atom stereocenters. The lowest BCUT2D eigenvalue weighted by Gasteiger charge is -2.16. The summed E-state index contributed by atoms with van der Waals surface area (Å²) in [6.07, 6.45) is 3.88. The van der Waals surface area contributed by atoms with Crippen molar-refractivity contribution in [1.29, 1.82) is 0 Å². The first-order valence-corrected chi connectivity index (χ1v) is 6.27. The van der Waals surface area contributed by atoms with Crippen LogP contribution in [0.5, 0.6) is 0 Å². The molecular formula is C12H14BrFN4. The lowest BCUT2D eigenvalue weighted by molar-refractivity contribution is 0.506. The van der Waals surface area contributed by atoms with E-state index in [1.54, 1.807) is 18.6 Å². The summed E-state index contributed by atoms with van der Waals surface area (Å²) in [5.74, 6) is 5.29. The fourth-order valence-electron chi connectivity index (χ4n) is 1.86. The Labute approximate surface area is 113 Å². The van der Waals surface area contributed by atoms with Crippen molar-refractivity contribution in [3.63, 3.8) is 0 Å². The van der Waals surface area contributed by atoms with Gasteiger partial charge in [-0.1, -0.05) is 22.0 Å². The van der Waals surface area contributed by atoms with Crippen LogP contribution in [-0.4, -0.2) is 9.55 Å². The molecule has 4 nitrogen and oxygen atoms in total. The van der Waals surface area contributed by atoms with Crippen LogP contribution in [0.4, 0.5) is 4.39 Å². The number of aromatic nitrogens is 2. The highest BCUT2D eigenvalue weighted by Crippen LogP contribution is 2.21. The molecule has 0 amide bonds. The van der Waals surface area contributed by atoms with Crippen molar-refractivity contribution in [3.8, 4) is 0 Å². The Hall–Kier alpha value is -1.24. The van der Waals surface area contributed by atoms with E-state index in [0.29, 0.717) is 12.0 Å². The van der Waals surface area contributed by atoms with E-state index < -0.39 is 0 Å². The summed E-state index contributed by atoms with van der Waals surface area (Å²) in [6.45, 7) is 0. The summed E-state index contributed by atoms with van der Waals surface area (Å²) in [7, 11) is 1.88. The number of nitrogens with one attached hydrogen (secondary N) is 1. The maximum atomic E-state index is 13.8. The maximum absolute atomic E-state index is 13.8. The monoisotopic (exact) mass is 312 g/mol. The topological polar surface area (TPSA) is 55.9 Å². The molecule has 6 heteroatoms. The fraction of sp³-hybridized carbons (Fsp3) is 0.250. The first-order valence-electron chi connectivity index (χ1n) is 5.48. The molecule has 18 heavy (non-hydrogen) atoms. The highest BCUT2D eigenvalue weighted by Gasteiger charge is 2.16. The second-order valence-corrected chi connectivity index (χ2v) is 5.00. The van der Waals surface area contributed by atoms with Crippen molar-refractivity contribution < 1.29 is 4.39 Å². The molecule has 0 saturated heterocycles. The van der Waals surface area contributed by atoms with Crippen LogP contribution in [0.25, 0.3) is 0 Å². The number of rotatable bonds is 4. The highest BCUT2D eigenvalue weighted by atomic mass is 79.9. The van der Waals surface area contributed by atoms with E-state index in [1.807, 2.05) is 17.7 Å². The highest BCUT2D eigenvalue weighted by molar-refractivity contribution is 9.10. The van der Waals surface area contributed by atoms with Gasteiger partial charge in [0.1, 0.15) is 5.82 Å². The molecule has 3 N–H and O–H groups in total. The fourth-order valence-corrected chi connectivity index (χ4v) is 2.19. The molecule has 0 aliphatic rings. The lowest BCUT2D eigenvalue weighted by atomic mass is 10.0. The number of nitrogens with two attached hydrogens (primary N) is 1. The second-order valence-electron chi connectivity index (χ2n) is 4.09. The van der Waals surface area contributed by atoms with Gasteiger partial charge in [0.25, 0.3) is 0 Å². The summed E-state index contributed by atoms with van der Waals surface area (Å²) >= 11 is 3.24. The van der Waals surface area contributed by atoms with Gasteiger partial charge in [0.05, 0.1) is 18.1 Å². The average molecular weight is 313 g/mol.